The van der Waals surface area contributed by atoms with Crippen molar-refractivity contribution in [2.24, 2.45) is 13.0 Å². The number of piperidine rings is 1. The summed E-state index contributed by atoms with van der Waals surface area (Å²) < 4.78 is 7.09. The molecule has 0 spiro atoms. The fourth-order valence-corrected chi connectivity index (χ4v) is 3.87. The van der Waals surface area contributed by atoms with Crippen LogP contribution in [0, 0.1) is 5.92 Å². The van der Waals surface area contributed by atoms with E-state index in [1.54, 1.807) is 13.2 Å². The summed E-state index contributed by atoms with van der Waals surface area (Å²) in [7, 11) is 1.72. The smallest absolute Gasteiger partial charge is 0.294 e. The second-order valence-electron chi connectivity index (χ2n) is 7.29. The first-order chi connectivity index (χ1) is 13.1. The van der Waals surface area contributed by atoms with Gasteiger partial charge in [-0.25, -0.2) is 9.97 Å². The minimum absolute atomic E-state index is 0.0198. The molecule has 1 unspecified atom stereocenters. The Kier molecular flexibility index (Phi) is 5.07. The standard InChI is InChI=1S/C19H25N5O3/c1-23-16-15(5-2-8-20-16)22-17(19(23)26)24-9-6-13(7-10-24)18(25)21-12-14-4-3-11-27-14/h2,5,8,13-14H,3-4,6-7,9-12H2,1H3,(H,21,25). The number of nitrogens with one attached hydrogen (secondary N) is 1. The fourth-order valence-electron chi connectivity index (χ4n) is 3.87. The second-order valence-corrected chi connectivity index (χ2v) is 7.29. The predicted octanol–water partition coefficient (Wildman–Crippen LogP) is 0.840. The van der Waals surface area contributed by atoms with E-state index in [4.69, 9.17) is 4.74 Å². The summed E-state index contributed by atoms with van der Waals surface area (Å²) in [5, 5.41) is 3.02. The van der Waals surface area contributed by atoms with Crippen LogP contribution in [0.4, 0.5) is 5.82 Å². The third-order valence-electron chi connectivity index (χ3n) is 5.50. The van der Waals surface area contributed by atoms with Crippen molar-refractivity contribution in [3.63, 3.8) is 0 Å². The van der Waals surface area contributed by atoms with E-state index in [1.807, 2.05) is 17.0 Å². The lowest BCUT2D eigenvalue weighted by molar-refractivity contribution is -0.126. The zero-order chi connectivity index (χ0) is 18.8. The molecular weight excluding hydrogens is 346 g/mol. The number of anilines is 1. The number of aromatic nitrogens is 3. The number of hydrogen-bond acceptors (Lipinski definition) is 6. The topological polar surface area (TPSA) is 89.4 Å². The van der Waals surface area contributed by atoms with Gasteiger partial charge in [0.15, 0.2) is 11.5 Å². The summed E-state index contributed by atoms with van der Waals surface area (Å²) in [6.45, 7) is 2.68. The van der Waals surface area contributed by atoms with Gasteiger partial charge in [0.05, 0.1) is 6.10 Å². The van der Waals surface area contributed by atoms with Crippen LogP contribution in [0.3, 0.4) is 0 Å². The van der Waals surface area contributed by atoms with E-state index in [-0.39, 0.29) is 23.5 Å². The molecule has 4 rings (SSSR count). The number of carbonyl (C=O) groups is 1. The molecule has 0 aliphatic carbocycles. The minimum Gasteiger partial charge on any atom is -0.376 e. The molecule has 1 atom stereocenters. The molecule has 1 N–H and O–H groups in total. The van der Waals surface area contributed by atoms with E-state index in [2.05, 4.69) is 15.3 Å². The number of rotatable bonds is 4. The molecule has 8 nitrogen and oxygen atoms in total. The lowest BCUT2D eigenvalue weighted by Gasteiger charge is -2.32. The maximum atomic E-state index is 12.7. The van der Waals surface area contributed by atoms with Crippen LogP contribution in [-0.4, -0.2) is 52.8 Å². The van der Waals surface area contributed by atoms with E-state index in [9.17, 15) is 9.59 Å². The van der Waals surface area contributed by atoms with E-state index in [1.165, 1.54) is 4.57 Å². The molecule has 144 valence electrons. The molecule has 0 radical (unpaired) electrons. The van der Waals surface area contributed by atoms with Crippen molar-refractivity contribution < 1.29 is 9.53 Å². The van der Waals surface area contributed by atoms with Crippen LogP contribution < -0.4 is 15.8 Å². The first kappa shape index (κ1) is 17.9. The molecular formula is C19H25N5O3. The number of ether oxygens (including phenoxy) is 1. The van der Waals surface area contributed by atoms with E-state index in [0.29, 0.717) is 49.5 Å². The second kappa shape index (κ2) is 7.64. The van der Waals surface area contributed by atoms with Gasteiger partial charge in [-0.05, 0) is 37.8 Å². The third-order valence-corrected chi connectivity index (χ3v) is 5.50. The number of pyridine rings is 1. The number of hydrogen-bond donors (Lipinski definition) is 1. The molecule has 0 aromatic carbocycles. The number of fused-ring (bicyclic) bond motifs is 1. The summed E-state index contributed by atoms with van der Waals surface area (Å²) in [5.74, 6) is 0.513. The summed E-state index contributed by atoms with van der Waals surface area (Å²) in [6.07, 6.45) is 5.34. The monoisotopic (exact) mass is 371 g/mol. The van der Waals surface area contributed by atoms with Crippen LogP contribution in [0.2, 0.25) is 0 Å². The van der Waals surface area contributed by atoms with Crippen molar-refractivity contribution in [1.29, 1.82) is 0 Å². The van der Waals surface area contributed by atoms with Crippen molar-refractivity contribution in [2.45, 2.75) is 31.8 Å². The van der Waals surface area contributed by atoms with Gasteiger partial charge >= 0.3 is 0 Å². The Hall–Kier alpha value is -2.48. The highest BCUT2D eigenvalue weighted by molar-refractivity contribution is 5.79. The van der Waals surface area contributed by atoms with Gasteiger partial charge in [-0.15, -0.1) is 0 Å². The van der Waals surface area contributed by atoms with Crippen LogP contribution in [0.15, 0.2) is 23.1 Å². The molecule has 4 heterocycles. The Morgan fingerprint density at radius 2 is 2.15 bits per heavy atom. The molecule has 2 aliphatic heterocycles. The summed E-state index contributed by atoms with van der Waals surface area (Å²) in [5.41, 5.74) is 1.13. The van der Waals surface area contributed by atoms with Crippen molar-refractivity contribution in [3.05, 3.63) is 28.7 Å². The largest absolute Gasteiger partial charge is 0.376 e. The van der Waals surface area contributed by atoms with Crippen LogP contribution >= 0.6 is 0 Å². The number of carbonyl (C=O) groups excluding carboxylic acids is 1. The first-order valence-corrected chi connectivity index (χ1v) is 9.59. The number of amides is 1. The average molecular weight is 371 g/mol. The van der Waals surface area contributed by atoms with Gasteiger partial charge in [0.1, 0.15) is 5.52 Å². The molecule has 27 heavy (non-hydrogen) atoms. The highest BCUT2D eigenvalue weighted by Crippen LogP contribution is 2.21. The number of nitrogens with zero attached hydrogens (tertiary/aromatic N) is 4. The van der Waals surface area contributed by atoms with Gasteiger partial charge in [-0.1, -0.05) is 0 Å². The van der Waals surface area contributed by atoms with Crippen molar-refractivity contribution in [2.75, 3.05) is 31.1 Å². The van der Waals surface area contributed by atoms with Gasteiger partial charge in [0.25, 0.3) is 5.56 Å². The van der Waals surface area contributed by atoms with Crippen molar-refractivity contribution >= 4 is 22.9 Å². The highest BCUT2D eigenvalue weighted by Gasteiger charge is 2.28. The lowest BCUT2D eigenvalue weighted by Crippen LogP contribution is -2.44. The molecule has 2 aliphatic rings. The van der Waals surface area contributed by atoms with Gasteiger partial charge < -0.3 is 15.0 Å². The molecule has 2 saturated heterocycles. The Bertz CT molecular complexity index is 883. The highest BCUT2D eigenvalue weighted by atomic mass is 16.5. The van der Waals surface area contributed by atoms with Crippen LogP contribution in [-0.2, 0) is 16.6 Å². The minimum atomic E-state index is -0.150. The SMILES string of the molecule is Cn1c(=O)c(N2CCC(C(=O)NCC3CCCO3)CC2)nc2cccnc21. The quantitative estimate of drug-likeness (QED) is 0.857. The molecule has 2 aromatic heterocycles. The molecule has 0 bridgehead atoms. The molecule has 1 amide bonds. The molecule has 0 saturated carbocycles. The maximum Gasteiger partial charge on any atom is 0.294 e. The predicted molar refractivity (Wildman–Crippen MR) is 102 cm³/mol. The maximum absolute atomic E-state index is 12.7. The number of aryl methyl sites for hydroxylation is 1. The Balaban J connectivity index is 1.40. The lowest BCUT2D eigenvalue weighted by atomic mass is 9.96. The van der Waals surface area contributed by atoms with E-state index < -0.39 is 0 Å². The first-order valence-electron chi connectivity index (χ1n) is 9.59. The fraction of sp³-hybridized carbons (Fsp3) is 0.579. The van der Waals surface area contributed by atoms with E-state index >= 15 is 0 Å². The normalized spacial score (nSPS) is 20.9. The Morgan fingerprint density at radius 1 is 1.33 bits per heavy atom. The van der Waals surface area contributed by atoms with E-state index in [0.717, 1.165) is 19.4 Å². The van der Waals surface area contributed by atoms with Crippen LogP contribution in [0.1, 0.15) is 25.7 Å². The summed E-state index contributed by atoms with van der Waals surface area (Å²) in [6, 6.07) is 3.67. The molecule has 2 fully saturated rings. The molecule has 8 heteroatoms. The van der Waals surface area contributed by atoms with Crippen LogP contribution in [0.25, 0.3) is 11.2 Å². The Labute approximate surface area is 157 Å². The van der Waals surface area contributed by atoms with Gasteiger partial charge in [0, 0.05) is 45.4 Å². The molecule has 2 aromatic rings. The van der Waals surface area contributed by atoms with Crippen molar-refractivity contribution in [3.8, 4) is 0 Å². The van der Waals surface area contributed by atoms with Gasteiger partial charge in [-0.2, -0.15) is 0 Å². The third kappa shape index (κ3) is 3.66. The average Bonchev–Trinajstić information content (AvgIpc) is 3.23. The Morgan fingerprint density at radius 3 is 2.89 bits per heavy atom. The van der Waals surface area contributed by atoms with Gasteiger partial charge in [0.2, 0.25) is 5.91 Å². The summed E-state index contributed by atoms with van der Waals surface area (Å²) >= 11 is 0. The zero-order valence-corrected chi connectivity index (χ0v) is 15.6. The summed E-state index contributed by atoms with van der Waals surface area (Å²) in [4.78, 5) is 35.8. The van der Waals surface area contributed by atoms with Crippen LogP contribution in [0.5, 0.6) is 0 Å². The van der Waals surface area contributed by atoms with Gasteiger partial charge in [-0.3, -0.25) is 14.2 Å². The van der Waals surface area contributed by atoms with Crippen molar-refractivity contribution in [1.82, 2.24) is 19.9 Å². The zero-order valence-electron chi connectivity index (χ0n) is 15.6.